The van der Waals surface area contributed by atoms with Crippen molar-refractivity contribution in [3.63, 3.8) is 0 Å². The van der Waals surface area contributed by atoms with Gasteiger partial charge in [0.2, 0.25) is 0 Å². The smallest absolute Gasteiger partial charge is 0.143 e. The van der Waals surface area contributed by atoms with Crippen LogP contribution in [0.15, 0.2) is 34.8 Å². The molecule has 0 heterocycles. The second-order valence-electron chi connectivity index (χ2n) is 3.60. The maximum Gasteiger partial charge on any atom is 0.143 e. The van der Waals surface area contributed by atoms with Gasteiger partial charge in [-0.05, 0) is 62.8 Å². The average Bonchev–Trinajstić information content (AvgIpc) is 2.29. The van der Waals surface area contributed by atoms with Crippen molar-refractivity contribution in [3.05, 3.63) is 49.2 Å². The van der Waals surface area contributed by atoms with Gasteiger partial charge in [-0.1, -0.05) is 11.6 Å². The van der Waals surface area contributed by atoms with Crippen LogP contribution in [0.5, 0.6) is 0 Å². The second kappa shape index (κ2) is 5.63. The number of anilines is 3. The summed E-state index contributed by atoms with van der Waals surface area (Å²) >= 11 is 11.4. The number of rotatable bonds is 2. The van der Waals surface area contributed by atoms with Crippen molar-refractivity contribution in [2.75, 3.05) is 11.1 Å². The van der Waals surface area contributed by atoms with E-state index in [4.69, 9.17) is 17.3 Å². The van der Waals surface area contributed by atoms with E-state index in [-0.39, 0.29) is 5.02 Å². The van der Waals surface area contributed by atoms with Crippen LogP contribution in [0.4, 0.5) is 21.5 Å². The molecule has 0 radical (unpaired) electrons. The van der Waals surface area contributed by atoms with Crippen LogP contribution in [0.3, 0.4) is 0 Å². The Balaban J connectivity index is 2.37. The van der Waals surface area contributed by atoms with Crippen LogP contribution in [0.2, 0.25) is 5.02 Å². The van der Waals surface area contributed by atoms with E-state index in [0.717, 1.165) is 13.7 Å². The zero-order valence-electron chi connectivity index (χ0n) is 8.98. The first-order valence-corrected chi connectivity index (χ1v) is 7.19. The molecule has 0 aliphatic rings. The zero-order chi connectivity index (χ0) is 13.3. The standard InChI is InChI=1S/C12H8BrClFIN2/c13-7-3-6(16)1-2-11(7)18-12-4-8(14)9(15)5-10(12)17/h1-5,18H,17H2. The molecule has 0 amide bonds. The molecule has 0 bridgehead atoms. The largest absolute Gasteiger partial charge is 0.397 e. The minimum atomic E-state index is -0.526. The molecule has 2 nitrogen and oxygen atoms in total. The number of nitrogens with two attached hydrogens (primary N) is 1. The normalized spacial score (nSPS) is 10.4. The van der Waals surface area contributed by atoms with E-state index in [1.54, 1.807) is 0 Å². The number of nitrogen functional groups attached to an aromatic ring is 1. The number of nitrogens with one attached hydrogen (secondary N) is 1. The molecule has 6 heteroatoms. The van der Waals surface area contributed by atoms with Crippen molar-refractivity contribution in [1.29, 1.82) is 0 Å². The molecule has 0 fully saturated rings. The van der Waals surface area contributed by atoms with E-state index in [1.807, 2.05) is 18.2 Å². The molecule has 2 aromatic carbocycles. The van der Waals surface area contributed by atoms with Crippen LogP contribution in [-0.2, 0) is 0 Å². The lowest BCUT2D eigenvalue weighted by Gasteiger charge is -2.12. The van der Waals surface area contributed by atoms with Crippen LogP contribution >= 0.6 is 50.1 Å². The highest BCUT2D eigenvalue weighted by molar-refractivity contribution is 14.1. The first kappa shape index (κ1) is 13.9. The number of hydrogen-bond donors (Lipinski definition) is 2. The van der Waals surface area contributed by atoms with Crippen molar-refractivity contribution in [2.24, 2.45) is 0 Å². The van der Waals surface area contributed by atoms with Crippen molar-refractivity contribution in [3.8, 4) is 0 Å². The molecule has 18 heavy (non-hydrogen) atoms. The van der Waals surface area contributed by atoms with Crippen LogP contribution in [0, 0.1) is 9.39 Å². The van der Waals surface area contributed by atoms with Gasteiger partial charge in [-0.2, -0.15) is 0 Å². The third-order valence-electron chi connectivity index (χ3n) is 2.29. The summed E-state index contributed by atoms with van der Waals surface area (Å²) in [4.78, 5) is 0. The van der Waals surface area contributed by atoms with Gasteiger partial charge in [0.05, 0.1) is 22.1 Å². The summed E-state index contributed by atoms with van der Waals surface area (Å²) in [7, 11) is 0. The highest BCUT2D eigenvalue weighted by Crippen LogP contribution is 2.32. The fourth-order valence-corrected chi connectivity index (χ4v) is 2.97. The third-order valence-corrected chi connectivity index (χ3v) is 3.91. The molecule has 0 spiro atoms. The lowest BCUT2D eigenvalue weighted by molar-refractivity contribution is 0.629. The van der Waals surface area contributed by atoms with Gasteiger partial charge in [0.15, 0.2) is 0 Å². The lowest BCUT2D eigenvalue weighted by Crippen LogP contribution is -1.98. The van der Waals surface area contributed by atoms with Crippen LogP contribution in [-0.4, -0.2) is 0 Å². The Morgan fingerprint density at radius 1 is 1.22 bits per heavy atom. The van der Waals surface area contributed by atoms with Crippen LogP contribution in [0.1, 0.15) is 0 Å². The summed E-state index contributed by atoms with van der Waals surface area (Å²) in [5, 5.41) is 3.14. The fourth-order valence-electron chi connectivity index (χ4n) is 1.41. The number of hydrogen-bond acceptors (Lipinski definition) is 2. The Labute approximate surface area is 131 Å². The minimum Gasteiger partial charge on any atom is -0.397 e. The molecular formula is C12H8BrClFIN2. The first-order chi connectivity index (χ1) is 8.47. The monoisotopic (exact) mass is 440 g/mol. The van der Waals surface area contributed by atoms with Gasteiger partial charge in [0.1, 0.15) is 5.82 Å². The summed E-state index contributed by atoms with van der Waals surface area (Å²) in [6, 6.07) is 8.49. The van der Waals surface area contributed by atoms with E-state index in [2.05, 4.69) is 43.8 Å². The van der Waals surface area contributed by atoms with E-state index in [1.165, 1.54) is 12.1 Å². The number of benzene rings is 2. The Kier molecular flexibility index (Phi) is 4.34. The first-order valence-electron chi connectivity index (χ1n) is 4.94. The molecule has 0 saturated heterocycles. The molecule has 0 atom stereocenters. The molecule has 2 aromatic rings. The third kappa shape index (κ3) is 3.07. The van der Waals surface area contributed by atoms with E-state index >= 15 is 0 Å². The average molecular weight is 441 g/mol. The molecule has 0 saturated carbocycles. The predicted molar refractivity (Wildman–Crippen MR) is 86.0 cm³/mol. The highest BCUT2D eigenvalue weighted by Gasteiger charge is 2.08. The minimum absolute atomic E-state index is 0.0355. The summed E-state index contributed by atoms with van der Waals surface area (Å²) in [5.74, 6) is -0.526. The van der Waals surface area contributed by atoms with Gasteiger partial charge in [0, 0.05) is 14.1 Å². The molecular weight excluding hydrogens is 433 g/mol. The van der Waals surface area contributed by atoms with Crippen molar-refractivity contribution in [2.45, 2.75) is 0 Å². The Bertz CT molecular complexity index is 607. The zero-order valence-corrected chi connectivity index (χ0v) is 13.5. The van der Waals surface area contributed by atoms with Gasteiger partial charge in [-0.15, -0.1) is 0 Å². The summed E-state index contributed by atoms with van der Waals surface area (Å²) in [6.07, 6.45) is 0. The molecule has 0 aliphatic heterocycles. The summed E-state index contributed by atoms with van der Waals surface area (Å²) in [6.45, 7) is 0. The SMILES string of the molecule is Nc1cc(F)c(Cl)cc1Nc1ccc(I)cc1Br. The molecule has 94 valence electrons. The van der Waals surface area contributed by atoms with Gasteiger partial charge in [0.25, 0.3) is 0 Å². The molecule has 2 rings (SSSR count). The molecule has 0 unspecified atom stereocenters. The summed E-state index contributed by atoms with van der Waals surface area (Å²) in [5.41, 5.74) is 7.46. The van der Waals surface area contributed by atoms with E-state index < -0.39 is 5.82 Å². The quantitative estimate of drug-likeness (QED) is 0.498. The molecule has 0 aromatic heterocycles. The van der Waals surface area contributed by atoms with Crippen molar-refractivity contribution >= 4 is 67.2 Å². The van der Waals surface area contributed by atoms with Crippen molar-refractivity contribution < 1.29 is 4.39 Å². The van der Waals surface area contributed by atoms with E-state index in [0.29, 0.717) is 11.4 Å². The van der Waals surface area contributed by atoms with Crippen molar-refractivity contribution in [1.82, 2.24) is 0 Å². The highest BCUT2D eigenvalue weighted by atomic mass is 127. The topological polar surface area (TPSA) is 38.0 Å². The number of halogens is 4. The molecule has 3 N–H and O–H groups in total. The fraction of sp³-hybridized carbons (Fsp3) is 0. The maximum atomic E-state index is 13.2. The van der Waals surface area contributed by atoms with Crippen LogP contribution in [0.25, 0.3) is 0 Å². The summed E-state index contributed by atoms with van der Waals surface area (Å²) < 4.78 is 15.2. The predicted octanol–water partition coefficient (Wildman–Crippen LogP) is 5.17. The van der Waals surface area contributed by atoms with Gasteiger partial charge in [-0.25, -0.2) is 4.39 Å². The molecule has 0 aliphatic carbocycles. The Hall–Kier alpha value is -0.530. The Morgan fingerprint density at radius 3 is 2.61 bits per heavy atom. The van der Waals surface area contributed by atoms with Crippen LogP contribution < -0.4 is 11.1 Å². The Morgan fingerprint density at radius 2 is 1.94 bits per heavy atom. The van der Waals surface area contributed by atoms with Gasteiger partial charge >= 0.3 is 0 Å². The van der Waals surface area contributed by atoms with Gasteiger partial charge in [-0.3, -0.25) is 0 Å². The maximum absolute atomic E-state index is 13.2. The second-order valence-corrected chi connectivity index (χ2v) is 6.11. The lowest BCUT2D eigenvalue weighted by atomic mass is 10.2. The van der Waals surface area contributed by atoms with E-state index in [9.17, 15) is 4.39 Å². The van der Waals surface area contributed by atoms with Gasteiger partial charge < -0.3 is 11.1 Å².